The fraction of sp³-hybridized carbons (Fsp3) is 0.200. The summed E-state index contributed by atoms with van der Waals surface area (Å²) in [6, 6.07) is 14.3. The van der Waals surface area contributed by atoms with E-state index in [0.29, 0.717) is 0 Å². The summed E-state index contributed by atoms with van der Waals surface area (Å²) in [7, 11) is 0. The Hall–Kier alpha value is -1.67. The predicted octanol–water partition coefficient (Wildman–Crippen LogP) is 3.47. The van der Waals surface area contributed by atoms with Gasteiger partial charge >= 0.3 is 0 Å². The number of benzene rings is 2. The van der Waals surface area contributed by atoms with Crippen molar-refractivity contribution in [1.29, 1.82) is 0 Å². The van der Waals surface area contributed by atoms with Gasteiger partial charge in [0.2, 0.25) is 0 Å². The Labute approximate surface area is 101 Å². The van der Waals surface area contributed by atoms with Crippen molar-refractivity contribution in [3.8, 4) is 0 Å². The number of hydrogen-bond acceptors (Lipinski definition) is 1. The van der Waals surface area contributed by atoms with Gasteiger partial charge in [-0.1, -0.05) is 43.3 Å². The van der Waals surface area contributed by atoms with E-state index < -0.39 is 0 Å². The van der Waals surface area contributed by atoms with Gasteiger partial charge in [-0.05, 0) is 28.8 Å². The van der Waals surface area contributed by atoms with Crippen LogP contribution in [0.5, 0.6) is 0 Å². The second-order valence-electron chi connectivity index (χ2n) is 4.13. The number of rotatable bonds is 3. The SMILES string of the molecule is CC(c1cccc(F)c1)c1ccccc1CO. The summed E-state index contributed by atoms with van der Waals surface area (Å²) in [6.07, 6.45) is 0. The van der Waals surface area contributed by atoms with Crippen LogP contribution >= 0.6 is 0 Å². The molecular weight excluding hydrogens is 215 g/mol. The summed E-state index contributed by atoms with van der Waals surface area (Å²) >= 11 is 0. The molecule has 0 bridgehead atoms. The number of aliphatic hydroxyl groups is 1. The van der Waals surface area contributed by atoms with Crippen LogP contribution in [0, 0.1) is 5.82 Å². The molecule has 1 unspecified atom stereocenters. The normalized spacial score (nSPS) is 12.4. The molecule has 0 aliphatic carbocycles. The van der Waals surface area contributed by atoms with E-state index in [0.717, 1.165) is 16.7 Å². The van der Waals surface area contributed by atoms with Crippen LogP contribution in [-0.2, 0) is 6.61 Å². The fourth-order valence-electron chi connectivity index (χ4n) is 2.06. The molecule has 0 aromatic heterocycles. The maximum atomic E-state index is 13.2. The standard InChI is InChI=1S/C15H15FO/c1-11(12-6-4-7-14(16)9-12)15-8-3-2-5-13(15)10-17/h2-9,11,17H,10H2,1H3. The van der Waals surface area contributed by atoms with Crippen molar-refractivity contribution in [2.24, 2.45) is 0 Å². The van der Waals surface area contributed by atoms with Crippen molar-refractivity contribution in [3.05, 3.63) is 71.0 Å². The first-order valence-electron chi connectivity index (χ1n) is 5.66. The molecule has 1 nitrogen and oxygen atoms in total. The smallest absolute Gasteiger partial charge is 0.123 e. The molecule has 0 radical (unpaired) electrons. The topological polar surface area (TPSA) is 20.2 Å². The zero-order chi connectivity index (χ0) is 12.3. The van der Waals surface area contributed by atoms with Crippen molar-refractivity contribution in [2.45, 2.75) is 19.4 Å². The second-order valence-corrected chi connectivity index (χ2v) is 4.13. The fourth-order valence-corrected chi connectivity index (χ4v) is 2.06. The molecule has 0 heterocycles. The average Bonchev–Trinajstić information content (AvgIpc) is 2.38. The van der Waals surface area contributed by atoms with Crippen LogP contribution in [0.2, 0.25) is 0 Å². The van der Waals surface area contributed by atoms with Gasteiger partial charge in [0, 0.05) is 5.92 Å². The second kappa shape index (κ2) is 5.11. The van der Waals surface area contributed by atoms with Gasteiger partial charge in [-0.25, -0.2) is 4.39 Å². The van der Waals surface area contributed by atoms with Gasteiger partial charge in [0.1, 0.15) is 5.82 Å². The molecule has 0 aliphatic heterocycles. The Morgan fingerprint density at radius 1 is 1.12 bits per heavy atom. The lowest BCUT2D eigenvalue weighted by molar-refractivity contribution is 0.280. The Morgan fingerprint density at radius 2 is 1.88 bits per heavy atom. The highest BCUT2D eigenvalue weighted by atomic mass is 19.1. The van der Waals surface area contributed by atoms with Crippen molar-refractivity contribution >= 4 is 0 Å². The minimum absolute atomic E-state index is 0.00975. The Bertz CT molecular complexity index is 508. The molecule has 88 valence electrons. The van der Waals surface area contributed by atoms with E-state index in [2.05, 4.69) is 0 Å². The Balaban J connectivity index is 2.40. The lowest BCUT2D eigenvalue weighted by atomic mass is 9.90. The summed E-state index contributed by atoms with van der Waals surface area (Å²) in [6.45, 7) is 2.03. The summed E-state index contributed by atoms with van der Waals surface area (Å²) in [5, 5.41) is 9.29. The lowest BCUT2D eigenvalue weighted by Gasteiger charge is -2.15. The number of halogens is 1. The highest BCUT2D eigenvalue weighted by Crippen LogP contribution is 2.27. The average molecular weight is 230 g/mol. The maximum absolute atomic E-state index is 13.2. The van der Waals surface area contributed by atoms with E-state index in [4.69, 9.17) is 0 Å². The summed E-state index contributed by atoms with van der Waals surface area (Å²) < 4.78 is 13.2. The van der Waals surface area contributed by atoms with Crippen LogP contribution in [0.1, 0.15) is 29.5 Å². The molecule has 1 N–H and O–H groups in total. The van der Waals surface area contributed by atoms with Crippen molar-refractivity contribution in [2.75, 3.05) is 0 Å². The molecule has 0 saturated heterocycles. The van der Waals surface area contributed by atoms with E-state index in [1.807, 2.05) is 37.3 Å². The van der Waals surface area contributed by atoms with Crippen LogP contribution in [0.3, 0.4) is 0 Å². The molecule has 0 spiro atoms. The van der Waals surface area contributed by atoms with Crippen molar-refractivity contribution in [1.82, 2.24) is 0 Å². The summed E-state index contributed by atoms with van der Waals surface area (Å²) in [5.74, 6) is -0.148. The van der Waals surface area contributed by atoms with Gasteiger partial charge in [-0.3, -0.25) is 0 Å². The van der Waals surface area contributed by atoms with Gasteiger partial charge in [0.25, 0.3) is 0 Å². The van der Waals surface area contributed by atoms with Crippen LogP contribution in [-0.4, -0.2) is 5.11 Å². The third kappa shape index (κ3) is 2.53. The molecule has 0 amide bonds. The van der Waals surface area contributed by atoms with Gasteiger partial charge < -0.3 is 5.11 Å². The molecule has 0 aliphatic rings. The van der Waals surface area contributed by atoms with Crippen molar-refractivity contribution < 1.29 is 9.50 Å². The van der Waals surface area contributed by atoms with Gasteiger partial charge in [-0.15, -0.1) is 0 Å². The Kier molecular flexibility index (Phi) is 3.55. The molecular formula is C15H15FO. The van der Waals surface area contributed by atoms with Crippen LogP contribution in [0.25, 0.3) is 0 Å². The molecule has 2 aromatic carbocycles. The first-order chi connectivity index (χ1) is 8.22. The van der Waals surface area contributed by atoms with Crippen LogP contribution in [0.15, 0.2) is 48.5 Å². The van der Waals surface area contributed by atoms with Crippen LogP contribution < -0.4 is 0 Å². The third-order valence-electron chi connectivity index (χ3n) is 3.04. The molecule has 2 rings (SSSR count). The van der Waals surface area contributed by atoms with E-state index in [9.17, 15) is 9.50 Å². The first kappa shape index (κ1) is 11.8. The highest BCUT2D eigenvalue weighted by molar-refractivity contribution is 5.37. The van der Waals surface area contributed by atoms with Crippen LogP contribution in [0.4, 0.5) is 4.39 Å². The van der Waals surface area contributed by atoms with E-state index in [1.165, 1.54) is 6.07 Å². The number of hydrogen-bond donors (Lipinski definition) is 1. The van der Waals surface area contributed by atoms with Gasteiger partial charge in [0.05, 0.1) is 6.61 Å². The zero-order valence-corrected chi connectivity index (χ0v) is 9.73. The summed E-state index contributed by atoms with van der Waals surface area (Å²) in [4.78, 5) is 0. The third-order valence-corrected chi connectivity index (χ3v) is 3.04. The van der Waals surface area contributed by atoms with Gasteiger partial charge in [0.15, 0.2) is 0 Å². The van der Waals surface area contributed by atoms with E-state index >= 15 is 0 Å². The maximum Gasteiger partial charge on any atom is 0.123 e. The first-order valence-corrected chi connectivity index (χ1v) is 5.66. The molecule has 17 heavy (non-hydrogen) atoms. The Morgan fingerprint density at radius 3 is 2.59 bits per heavy atom. The minimum atomic E-state index is -0.226. The molecule has 2 aromatic rings. The summed E-state index contributed by atoms with van der Waals surface area (Å²) in [5.41, 5.74) is 2.86. The highest BCUT2D eigenvalue weighted by Gasteiger charge is 2.12. The number of aliphatic hydroxyl groups excluding tert-OH is 1. The molecule has 1 atom stereocenters. The zero-order valence-electron chi connectivity index (χ0n) is 9.73. The van der Waals surface area contributed by atoms with Gasteiger partial charge in [-0.2, -0.15) is 0 Å². The largest absolute Gasteiger partial charge is 0.392 e. The lowest BCUT2D eigenvalue weighted by Crippen LogP contribution is -2.01. The van der Waals surface area contributed by atoms with E-state index in [1.54, 1.807) is 12.1 Å². The molecule has 0 saturated carbocycles. The van der Waals surface area contributed by atoms with E-state index in [-0.39, 0.29) is 18.3 Å². The molecule has 0 fully saturated rings. The predicted molar refractivity (Wildman–Crippen MR) is 66.3 cm³/mol. The monoisotopic (exact) mass is 230 g/mol. The van der Waals surface area contributed by atoms with Crippen molar-refractivity contribution in [3.63, 3.8) is 0 Å². The molecule has 2 heteroatoms. The minimum Gasteiger partial charge on any atom is -0.392 e. The quantitative estimate of drug-likeness (QED) is 0.856.